The minimum absolute atomic E-state index is 0. The summed E-state index contributed by atoms with van der Waals surface area (Å²) in [6.07, 6.45) is 27.0. The van der Waals surface area contributed by atoms with E-state index in [1.807, 2.05) is 0 Å². The first-order valence-corrected chi connectivity index (χ1v) is 16.2. The molecule has 0 aliphatic carbocycles. The molecule has 8 nitrogen and oxygen atoms in total. The maximum absolute atomic E-state index is 10.2. The van der Waals surface area contributed by atoms with Gasteiger partial charge >= 0.3 is 71.1 Å². The second-order valence-corrected chi connectivity index (χ2v) is 11.5. The van der Waals surface area contributed by atoms with Gasteiger partial charge in [-0.25, -0.2) is 0 Å². The van der Waals surface area contributed by atoms with Crippen LogP contribution in [0.1, 0.15) is 152 Å². The van der Waals surface area contributed by atoms with E-state index in [0.29, 0.717) is 0 Å². The monoisotopic (exact) mass is 600 g/mol. The molecular weight excluding hydrogens is 542 g/mol. The predicted molar refractivity (Wildman–Crippen MR) is 152 cm³/mol. The molecule has 0 saturated carbocycles. The van der Waals surface area contributed by atoms with Gasteiger partial charge in [0.1, 0.15) is 0 Å². The summed E-state index contributed by atoms with van der Waals surface area (Å²) in [6.45, 7) is 6.57. The molecular formula is C28H58Na2O8S. The van der Waals surface area contributed by atoms with Gasteiger partial charge in [0, 0.05) is 13.2 Å². The summed E-state index contributed by atoms with van der Waals surface area (Å²) >= 11 is 0. The van der Waals surface area contributed by atoms with Crippen LogP contribution in [0, 0.1) is 0 Å². The first-order chi connectivity index (χ1) is 17.7. The molecule has 226 valence electrons. The molecule has 0 rings (SSSR count). The fourth-order valence-corrected chi connectivity index (χ4v) is 4.57. The molecule has 0 fully saturated rings. The van der Waals surface area contributed by atoms with E-state index in [9.17, 15) is 18.0 Å². The second kappa shape index (κ2) is 35.0. The Morgan fingerprint density at radius 2 is 0.897 bits per heavy atom. The van der Waals surface area contributed by atoms with Crippen molar-refractivity contribution in [1.82, 2.24) is 0 Å². The number of hydrogen-bond acceptors (Lipinski definition) is 5. The average molecular weight is 601 g/mol. The van der Waals surface area contributed by atoms with Crippen LogP contribution < -0.4 is 59.1 Å². The van der Waals surface area contributed by atoms with Gasteiger partial charge in [-0.05, 0) is 12.8 Å². The van der Waals surface area contributed by atoms with Gasteiger partial charge in [-0.1, -0.05) is 129 Å². The van der Waals surface area contributed by atoms with E-state index in [2.05, 4.69) is 13.8 Å². The van der Waals surface area contributed by atoms with Crippen molar-refractivity contribution in [2.45, 2.75) is 154 Å². The third kappa shape index (κ3) is 38.8. The fourth-order valence-electron chi connectivity index (χ4n) is 3.96. The Balaban J connectivity index is -0.000000164. The van der Waals surface area contributed by atoms with Crippen molar-refractivity contribution < 1.29 is 99.5 Å². The van der Waals surface area contributed by atoms with Crippen LogP contribution in [0.25, 0.3) is 0 Å². The van der Waals surface area contributed by atoms with Crippen LogP contribution in [-0.4, -0.2) is 53.6 Å². The van der Waals surface area contributed by atoms with Gasteiger partial charge in [-0.2, -0.15) is 8.42 Å². The van der Waals surface area contributed by atoms with Gasteiger partial charge in [0.15, 0.2) is 5.25 Å². The van der Waals surface area contributed by atoms with Crippen LogP contribution in [0.5, 0.6) is 0 Å². The summed E-state index contributed by atoms with van der Waals surface area (Å²) in [6, 6.07) is 0. The summed E-state index contributed by atoms with van der Waals surface area (Å²) in [5.41, 5.74) is 0. The molecule has 0 aliphatic heterocycles. The van der Waals surface area contributed by atoms with E-state index in [0.717, 1.165) is 13.2 Å². The van der Waals surface area contributed by atoms with Crippen molar-refractivity contribution in [1.29, 1.82) is 0 Å². The number of rotatable bonds is 26. The summed E-state index contributed by atoms with van der Waals surface area (Å²) in [5.74, 6) is -3.50. The molecule has 0 spiro atoms. The van der Waals surface area contributed by atoms with Crippen LogP contribution in [-0.2, 0) is 24.4 Å². The largest absolute Gasteiger partial charge is 1.00 e. The minimum atomic E-state index is -4.84. The van der Waals surface area contributed by atoms with Crippen LogP contribution in [0.2, 0.25) is 0 Å². The zero-order valence-corrected chi connectivity index (χ0v) is 30.4. The van der Waals surface area contributed by atoms with Gasteiger partial charge in [-0.3, -0.25) is 14.1 Å². The van der Waals surface area contributed by atoms with Crippen molar-refractivity contribution in [3.05, 3.63) is 0 Å². The normalized spacial score (nSPS) is 11.5. The van der Waals surface area contributed by atoms with E-state index in [1.165, 1.54) is 128 Å². The maximum atomic E-state index is 10.2. The first kappa shape index (κ1) is 46.8. The fraction of sp³-hybridized carbons (Fsp3) is 0.929. The summed E-state index contributed by atoms with van der Waals surface area (Å²) in [5, 5.41) is 13.9. The maximum Gasteiger partial charge on any atom is 1.00 e. The first-order valence-electron chi connectivity index (χ1n) is 14.6. The molecule has 0 aromatic heterocycles. The van der Waals surface area contributed by atoms with Gasteiger partial charge < -0.3 is 17.8 Å². The number of unbranched alkanes of at least 4 members (excludes halogenated alkanes) is 18. The van der Waals surface area contributed by atoms with Gasteiger partial charge in [0.05, 0.1) is 6.42 Å². The van der Waals surface area contributed by atoms with Crippen LogP contribution in [0.15, 0.2) is 0 Å². The van der Waals surface area contributed by atoms with E-state index >= 15 is 0 Å². The molecule has 11 heteroatoms. The smallest absolute Gasteiger partial charge is 1.00 e. The molecule has 0 saturated heterocycles. The van der Waals surface area contributed by atoms with Crippen molar-refractivity contribution in [2.75, 3.05) is 13.2 Å². The Kier molecular flexibility index (Phi) is 42.0. The number of carboxylic acid groups (broad SMARTS) is 2. The molecule has 0 aliphatic rings. The van der Waals surface area contributed by atoms with Gasteiger partial charge in [-0.15, -0.1) is 0 Å². The van der Waals surface area contributed by atoms with Crippen LogP contribution >= 0.6 is 0 Å². The summed E-state index contributed by atoms with van der Waals surface area (Å²) in [7, 11) is -4.84. The SMILES string of the molecule is CCCCCCCCCCCCOCCCCCCCCCCCC.O=C(O)CC(C(=O)O)S(=O)(=O)O.[H-].[H-].[Na+].[Na+]. The van der Waals surface area contributed by atoms with Crippen molar-refractivity contribution in [3.63, 3.8) is 0 Å². The van der Waals surface area contributed by atoms with Crippen LogP contribution in [0.4, 0.5) is 0 Å². The molecule has 0 aromatic rings. The van der Waals surface area contributed by atoms with E-state index in [4.69, 9.17) is 19.5 Å². The number of carboxylic acids is 2. The topological polar surface area (TPSA) is 138 Å². The number of ether oxygens (including phenoxy) is 1. The van der Waals surface area contributed by atoms with Crippen molar-refractivity contribution in [3.8, 4) is 0 Å². The van der Waals surface area contributed by atoms with Gasteiger partial charge in [0.25, 0.3) is 10.1 Å². The van der Waals surface area contributed by atoms with E-state index in [-0.39, 0.29) is 62.0 Å². The molecule has 0 aromatic carbocycles. The molecule has 0 radical (unpaired) electrons. The molecule has 1 atom stereocenters. The van der Waals surface area contributed by atoms with Crippen molar-refractivity contribution in [2.24, 2.45) is 0 Å². The molecule has 39 heavy (non-hydrogen) atoms. The number of carbonyl (C=O) groups is 2. The Hall–Kier alpha value is 0.810. The molecule has 0 heterocycles. The molecule has 1 unspecified atom stereocenters. The third-order valence-corrected chi connectivity index (χ3v) is 7.37. The quantitative estimate of drug-likeness (QED) is 0.0778. The minimum Gasteiger partial charge on any atom is -1.00 e. The average Bonchev–Trinajstić information content (AvgIpc) is 2.83. The standard InChI is InChI=1S/C24H50O.C4H6O7S.2Na.2H/c1-3-5-7-9-11-13-15-17-19-21-23-25-24-22-20-18-16-14-12-10-8-6-4-2;5-3(6)1-2(4(7)8)12(9,10)11;;;;/h3-24H2,1-2H3;2H,1H2,(H,5,6)(H,7,8)(H,9,10,11);;;;/q;;2*+1;2*-1. The van der Waals surface area contributed by atoms with Crippen molar-refractivity contribution >= 4 is 22.1 Å². The second-order valence-electron chi connectivity index (χ2n) is 9.92. The van der Waals surface area contributed by atoms with Crippen LogP contribution in [0.3, 0.4) is 0 Å². The Labute approximate surface area is 286 Å². The Morgan fingerprint density at radius 3 is 1.10 bits per heavy atom. The summed E-state index contributed by atoms with van der Waals surface area (Å²) in [4.78, 5) is 20.0. The van der Waals surface area contributed by atoms with E-state index < -0.39 is 33.7 Å². The molecule has 0 amide bonds. The Bertz CT molecular complexity index is 623. The molecule has 0 bridgehead atoms. The predicted octanol–water partition coefficient (Wildman–Crippen LogP) is 1.88. The third-order valence-electron chi connectivity index (χ3n) is 6.28. The number of hydrogen-bond donors (Lipinski definition) is 3. The van der Waals surface area contributed by atoms with E-state index in [1.54, 1.807) is 0 Å². The Morgan fingerprint density at radius 1 is 0.615 bits per heavy atom. The number of aliphatic carboxylic acids is 2. The van der Waals surface area contributed by atoms with Gasteiger partial charge in [0.2, 0.25) is 0 Å². The molecule has 3 N–H and O–H groups in total. The zero-order valence-electron chi connectivity index (χ0n) is 27.6. The zero-order chi connectivity index (χ0) is 28.2. The summed E-state index contributed by atoms with van der Waals surface area (Å²) < 4.78 is 34.4.